The number of nitrogens with zero attached hydrogens (tertiary/aromatic N) is 1. The molecule has 0 atom stereocenters. The molecule has 7 heteroatoms. The third kappa shape index (κ3) is 4.05. The molecule has 22 heavy (non-hydrogen) atoms. The molecule has 0 spiro atoms. The molecule has 1 amide bonds. The summed E-state index contributed by atoms with van der Waals surface area (Å²) < 4.78 is 18.2. The van der Waals surface area contributed by atoms with Gasteiger partial charge in [0.25, 0.3) is 5.91 Å². The summed E-state index contributed by atoms with van der Waals surface area (Å²) in [6, 6.07) is 8.51. The monoisotopic (exact) mass is 323 g/mol. The lowest BCUT2D eigenvalue weighted by Crippen LogP contribution is -2.30. The fraction of sp³-hybridized carbons (Fsp3) is 0.200. The van der Waals surface area contributed by atoms with Crippen molar-refractivity contribution in [3.63, 3.8) is 0 Å². The number of carbonyl (C=O) groups is 2. The Morgan fingerprint density at radius 3 is 2.41 bits per heavy atom. The molecule has 2 aromatic rings. The first kappa shape index (κ1) is 16.0. The standard InChI is InChI=1S/C15H14FNO4S/c1-17(8-9-21-11-4-2-10(16)3-5-11)14(18)12-6-7-13(22-12)15(19)20/h2-7H,8-9H2,1H3,(H,19,20). The highest BCUT2D eigenvalue weighted by molar-refractivity contribution is 7.15. The van der Waals surface area contributed by atoms with E-state index in [0.717, 1.165) is 11.3 Å². The number of rotatable bonds is 6. The quantitative estimate of drug-likeness (QED) is 0.887. The molecule has 0 bridgehead atoms. The van der Waals surface area contributed by atoms with Crippen LogP contribution >= 0.6 is 11.3 Å². The number of benzene rings is 1. The molecule has 0 aliphatic heterocycles. The van der Waals surface area contributed by atoms with Crippen molar-refractivity contribution in [1.29, 1.82) is 0 Å². The summed E-state index contributed by atoms with van der Waals surface area (Å²) in [5.41, 5.74) is 0. The van der Waals surface area contributed by atoms with Crippen LogP contribution in [0.5, 0.6) is 5.75 Å². The van der Waals surface area contributed by atoms with E-state index in [2.05, 4.69) is 0 Å². The van der Waals surface area contributed by atoms with E-state index < -0.39 is 5.97 Å². The average Bonchev–Trinajstić information content (AvgIpc) is 2.98. The molecule has 0 unspecified atom stereocenters. The molecule has 0 saturated carbocycles. The Morgan fingerprint density at radius 1 is 1.18 bits per heavy atom. The van der Waals surface area contributed by atoms with E-state index in [4.69, 9.17) is 9.84 Å². The number of aromatic carboxylic acids is 1. The molecule has 1 aromatic carbocycles. The smallest absolute Gasteiger partial charge is 0.345 e. The van der Waals surface area contributed by atoms with Gasteiger partial charge >= 0.3 is 5.97 Å². The predicted molar refractivity (Wildman–Crippen MR) is 80.1 cm³/mol. The molecule has 1 N–H and O–H groups in total. The molecule has 1 heterocycles. The van der Waals surface area contributed by atoms with Gasteiger partial charge in [0.15, 0.2) is 0 Å². The summed E-state index contributed by atoms with van der Waals surface area (Å²) in [4.78, 5) is 24.8. The van der Waals surface area contributed by atoms with Crippen LogP contribution in [0.15, 0.2) is 36.4 Å². The van der Waals surface area contributed by atoms with Crippen molar-refractivity contribution in [3.05, 3.63) is 52.0 Å². The predicted octanol–water partition coefficient (Wildman–Crippen LogP) is 2.74. The van der Waals surface area contributed by atoms with Crippen LogP contribution in [0.25, 0.3) is 0 Å². The molecule has 5 nitrogen and oxygen atoms in total. The maximum absolute atomic E-state index is 12.7. The number of carbonyl (C=O) groups excluding carboxylic acids is 1. The van der Waals surface area contributed by atoms with Crippen molar-refractivity contribution in [2.75, 3.05) is 20.2 Å². The summed E-state index contributed by atoms with van der Waals surface area (Å²) in [7, 11) is 1.61. The normalized spacial score (nSPS) is 10.3. The zero-order valence-electron chi connectivity index (χ0n) is 11.8. The lowest BCUT2D eigenvalue weighted by Gasteiger charge is -2.16. The van der Waals surface area contributed by atoms with Crippen molar-refractivity contribution in [1.82, 2.24) is 4.90 Å². The third-order valence-electron chi connectivity index (χ3n) is 2.88. The minimum Gasteiger partial charge on any atom is -0.492 e. The molecule has 0 aliphatic rings. The number of carboxylic acid groups (broad SMARTS) is 1. The zero-order valence-corrected chi connectivity index (χ0v) is 12.6. The van der Waals surface area contributed by atoms with Crippen molar-refractivity contribution in [2.24, 2.45) is 0 Å². The summed E-state index contributed by atoms with van der Waals surface area (Å²) in [6.07, 6.45) is 0. The molecule has 0 saturated heterocycles. The number of ether oxygens (including phenoxy) is 1. The molecule has 116 valence electrons. The molecule has 0 fully saturated rings. The fourth-order valence-electron chi connectivity index (χ4n) is 1.69. The molecule has 2 rings (SSSR count). The van der Waals surface area contributed by atoms with Gasteiger partial charge in [-0.15, -0.1) is 11.3 Å². The van der Waals surface area contributed by atoms with Gasteiger partial charge in [-0.3, -0.25) is 4.79 Å². The summed E-state index contributed by atoms with van der Waals surface area (Å²) in [5.74, 6) is -1.13. The van der Waals surface area contributed by atoms with Crippen LogP contribution in [0.1, 0.15) is 19.3 Å². The molecule has 0 radical (unpaired) electrons. The highest BCUT2D eigenvalue weighted by atomic mass is 32.1. The SMILES string of the molecule is CN(CCOc1ccc(F)cc1)C(=O)c1ccc(C(=O)O)s1. The highest BCUT2D eigenvalue weighted by Crippen LogP contribution is 2.18. The van der Waals surface area contributed by atoms with Crippen LogP contribution in [0.3, 0.4) is 0 Å². The van der Waals surface area contributed by atoms with Gasteiger partial charge in [0.2, 0.25) is 0 Å². The minimum absolute atomic E-state index is 0.124. The van der Waals surface area contributed by atoms with Gasteiger partial charge in [-0.25, -0.2) is 9.18 Å². The Morgan fingerprint density at radius 2 is 1.82 bits per heavy atom. The summed E-state index contributed by atoms with van der Waals surface area (Å²) in [6.45, 7) is 0.585. The van der Waals surface area contributed by atoms with Crippen LogP contribution in [0, 0.1) is 5.82 Å². The van der Waals surface area contributed by atoms with E-state index in [1.54, 1.807) is 7.05 Å². The van der Waals surface area contributed by atoms with Crippen LogP contribution < -0.4 is 4.74 Å². The Hall–Kier alpha value is -2.41. The second-order valence-electron chi connectivity index (χ2n) is 4.50. The lowest BCUT2D eigenvalue weighted by atomic mass is 10.3. The first-order valence-corrected chi connectivity index (χ1v) is 7.26. The number of likely N-dealkylation sites (N-methyl/N-ethyl adjacent to an activating group) is 1. The third-order valence-corrected chi connectivity index (χ3v) is 3.94. The highest BCUT2D eigenvalue weighted by Gasteiger charge is 2.16. The number of carboxylic acids is 1. The van der Waals surface area contributed by atoms with E-state index >= 15 is 0 Å². The summed E-state index contributed by atoms with van der Waals surface area (Å²) in [5, 5.41) is 8.84. The van der Waals surface area contributed by atoms with Gasteiger partial charge in [-0.1, -0.05) is 0 Å². The van der Waals surface area contributed by atoms with Crippen molar-refractivity contribution < 1.29 is 23.8 Å². The van der Waals surface area contributed by atoms with Gasteiger partial charge in [0.1, 0.15) is 23.1 Å². The van der Waals surface area contributed by atoms with Gasteiger partial charge in [0, 0.05) is 7.05 Å². The van der Waals surface area contributed by atoms with Crippen LogP contribution in [-0.4, -0.2) is 42.1 Å². The minimum atomic E-state index is -1.05. The van der Waals surface area contributed by atoms with E-state index in [9.17, 15) is 14.0 Å². The van der Waals surface area contributed by atoms with Crippen LogP contribution in [0.2, 0.25) is 0 Å². The van der Waals surface area contributed by atoms with Gasteiger partial charge in [-0.05, 0) is 36.4 Å². The van der Waals surface area contributed by atoms with Gasteiger partial charge < -0.3 is 14.7 Å². The number of hydrogen-bond donors (Lipinski definition) is 1. The average molecular weight is 323 g/mol. The van der Waals surface area contributed by atoms with Crippen LogP contribution in [0.4, 0.5) is 4.39 Å². The summed E-state index contributed by atoms with van der Waals surface area (Å²) >= 11 is 0.936. The molecule has 0 aliphatic carbocycles. The van der Waals surface area contributed by atoms with Gasteiger partial charge in [0.05, 0.1) is 11.4 Å². The van der Waals surface area contributed by atoms with E-state index in [1.807, 2.05) is 0 Å². The van der Waals surface area contributed by atoms with E-state index in [-0.39, 0.29) is 23.2 Å². The zero-order chi connectivity index (χ0) is 16.1. The number of hydrogen-bond acceptors (Lipinski definition) is 4. The second kappa shape index (κ2) is 7.04. The van der Waals surface area contributed by atoms with Gasteiger partial charge in [-0.2, -0.15) is 0 Å². The lowest BCUT2D eigenvalue weighted by molar-refractivity contribution is 0.0701. The fourth-order valence-corrected chi connectivity index (χ4v) is 2.53. The first-order chi connectivity index (χ1) is 10.5. The first-order valence-electron chi connectivity index (χ1n) is 6.44. The topological polar surface area (TPSA) is 66.8 Å². The maximum Gasteiger partial charge on any atom is 0.345 e. The number of thiophene rings is 1. The van der Waals surface area contributed by atoms with E-state index in [0.29, 0.717) is 17.2 Å². The number of halogens is 1. The Bertz CT molecular complexity index is 668. The Balaban J connectivity index is 1.85. The number of amides is 1. The Labute approximate surface area is 130 Å². The molecular formula is C15H14FNO4S. The van der Waals surface area contributed by atoms with Crippen LogP contribution in [-0.2, 0) is 0 Å². The molecular weight excluding hydrogens is 309 g/mol. The van der Waals surface area contributed by atoms with E-state index in [1.165, 1.54) is 41.3 Å². The van der Waals surface area contributed by atoms with Crippen molar-refractivity contribution in [2.45, 2.75) is 0 Å². The largest absolute Gasteiger partial charge is 0.492 e. The Kier molecular flexibility index (Phi) is 5.11. The maximum atomic E-state index is 12.7. The van der Waals surface area contributed by atoms with Crippen molar-refractivity contribution in [3.8, 4) is 5.75 Å². The molecule has 1 aromatic heterocycles. The second-order valence-corrected chi connectivity index (χ2v) is 5.58. The van der Waals surface area contributed by atoms with Crippen molar-refractivity contribution >= 4 is 23.2 Å².